The summed E-state index contributed by atoms with van der Waals surface area (Å²) in [5.41, 5.74) is 4.58. The first kappa shape index (κ1) is 24.5. The number of carbonyl (C=O) groups is 2. The lowest BCUT2D eigenvalue weighted by Gasteiger charge is -2.24. The number of hydrogen-bond acceptors (Lipinski definition) is 7. The van der Waals surface area contributed by atoms with Crippen LogP contribution in [0.2, 0.25) is 0 Å². The van der Waals surface area contributed by atoms with Crippen LogP contribution in [0.5, 0.6) is 11.5 Å². The molecule has 1 unspecified atom stereocenters. The molecule has 1 aliphatic heterocycles. The summed E-state index contributed by atoms with van der Waals surface area (Å²) in [5.74, 6) is -0.663. The number of methoxy groups -OCH3 is 2. The second kappa shape index (κ2) is 9.37. The number of aliphatic hydroxyl groups is 1. The predicted octanol–water partition coefficient (Wildman–Crippen LogP) is 5.87. The molecule has 4 aromatic rings. The van der Waals surface area contributed by atoms with Crippen molar-refractivity contribution in [2.75, 3.05) is 19.1 Å². The van der Waals surface area contributed by atoms with Crippen molar-refractivity contribution < 1.29 is 24.2 Å². The highest BCUT2D eigenvalue weighted by Gasteiger charge is 2.49. The lowest BCUT2D eigenvalue weighted by molar-refractivity contribution is -0.132. The van der Waals surface area contributed by atoms with E-state index in [1.54, 1.807) is 43.5 Å². The molecule has 7 nitrogen and oxygen atoms in total. The molecule has 1 fully saturated rings. The van der Waals surface area contributed by atoms with Crippen LogP contribution in [0.4, 0.5) is 5.13 Å². The maximum atomic E-state index is 13.6. The lowest BCUT2D eigenvalue weighted by Crippen LogP contribution is -2.29. The summed E-state index contributed by atoms with van der Waals surface area (Å²) in [6.07, 6.45) is 0. The Balaban J connectivity index is 1.77. The van der Waals surface area contributed by atoms with Crippen LogP contribution in [-0.2, 0) is 9.59 Å². The van der Waals surface area contributed by atoms with Gasteiger partial charge in [0.25, 0.3) is 5.78 Å². The molecular weight excluding hydrogens is 488 g/mol. The first-order valence-corrected chi connectivity index (χ1v) is 12.5. The van der Waals surface area contributed by atoms with Gasteiger partial charge in [-0.2, -0.15) is 0 Å². The summed E-state index contributed by atoms with van der Waals surface area (Å²) in [4.78, 5) is 33.2. The SMILES string of the molecule is COc1ccc(/C(O)=C2\C(=O)C(=O)N(c3nc4c(C)cc(C)cc4s3)C2c2ccccc2OC)cc1C. The second-order valence-corrected chi connectivity index (χ2v) is 10.0. The second-order valence-electron chi connectivity index (χ2n) is 9.02. The smallest absolute Gasteiger partial charge is 0.301 e. The van der Waals surface area contributed by atoms with Crippen LogP contribution in [-0.4, -0.2) is 36.0 Å². The van der Waals surface area contributed by atoms with E-state index in [2.05, 4.69) is 0 Å². The zero-order valence-corrected chi connectivity index (χ0v) is 22.0. The van der Waals surface area contributed by atoms with E-state index in [1.807, 2.05) is 39.0 Å². The first-order valence-electron chi connectivity index (χ1n) is 11.7. The van der Waals surface area contributed by atoms with E-state index < -0.39 is 17.7 Å². The maximum absolute atomic E-state index is 13.6. The van der Waals surface area contributed by atoms with Crippen LogP contribution in [0.1, 0.15) is 33.9 Å². The Morgan fingerprint density at radius 2 is 1.68 bits per heavy atom. The number of fused-ring (bicyclic) bond motifs is 1. The number of benzene rings is 3. The van der Waals surface area contributed by atoms with E-state index in [-0.39, 0.29) is 11.3 Å². The number of Topliss-reactive ketones (excluding diaryl/α,β-unsaturated/α-hetero) is 1. The summed E-state index contributed by atoms with van der Waals surface area (Å²) in [6.45, 7) is 5.82. The monoisotopic (exact) mass is 514 g/mol. The lowest BCUT2D eigenvalue weighted by atomic mass is 9.94. The average Bonchev–Trinajstić information content (AvgIpc) is 3.42. The van der Waals surface area contributed by atoms with Gasteiger partial charge in [-0.25, -0.2) is 4.98 Å². The number of aryl methyl sites for hydroxylation is 3. The molecule has 1 saturated heterocycles. The van der Waals surface area contributed by atoms with Crippen LogP contribution in [0, 0.1) is 20.8 Å². The van der Waals surface area contributed by atoms with E-state index in [0.29, 0.717) is 27.8 Å². The highest BCUT2D eigenvalue weighted by Crippen LogP contribution is 2.47. The van der Waals surface area contributed by atoms with Crippen LogP contribution in [0.25, 0.3) is 16.0 Å². The number of ether oxygens (including phenoxy) is 2. The molecule has 0 saturated carbocycles. The third-order valence-electron chi connectivity index (χ3n) is 6.57. The molecule has 0 spiro atoms. The molecule has 1 aromatic heterocycles. The molecule has 8 heteroatoms. The summed E-state index contributed by atoms with van der Waals surface area (Å²) in [6, 6.07) is 15.4. The van der Waals surface area contributed by atoms with Crippen molar-refractivity contribution in [1.82, 2.24) is 4.98 Å². The minimum Gasteiger partial charge on any atom is -0.507 e. The molecule has 1 amide bonds. The van der Waals surface area contributed by atoms with E-state index in [9.17, 15) is 14.7 Å². The largest absolute Gasteiger partial charge is 0.507 e. The van der Waals surface area contributed by atoms with Gasteiger partial charge < -0.3 is 14.6 Å². The van der Waals surface area contributed by atoms with Crippen LogP contribution in [0.3, 0.4) is 0 Å². The molecule has 188 valence electrons. The molecule has 0 aliphatic carbocycles. The van der Waals surface area contributed by atoms with Crippen molar-refractivity contribution in [2.24, 2.45) is 0 Å². The Morgan fingerprint density at radius 3 is 2.38 bits per heavy atom. The maximum Gasteiger partial charge on any atom is 0.301 e. The third kappa shape index (κ3) is 4.03. The minimum atomic E-state index is -0.930. The van der Waals surface area contributed by atoms with Crippen LogP contribution < -0.4 is 14.4 Å². The van der Waals surface area contributed by atoms with Gasteiger partial charge in [-0.15, -0.1) is 0 Å². The quantitative estimate of drug-likeness (QED) is 0.204. The fourth-order valence-corrected chi connectivity index (χ4v) is 6.03. The molecule has 5 rings (SSSR count). The van der Waals surface area contributed by atoms with Gasteiger partial charge in [0.1, 0.15) is 23.3 Å². The number of hydrogen-bond donors (Lipinski definition) is 1. The van der Waals surface area contributed by atoms with Crippen molar-refractivity contribution in [1.29, 1.82) is 0 Å². The van der Waals surface area contributed by atoms with Crippen molar-refractivity contribution in [3.63, 3.8) is 0 Å². The van der Waals surface area contributed by atoms with E-state index >= 15 is 0 Å². The zero-order valence-electron chi connectivity index (χ0n) is 21.2. The summed E-state index contributed by atoms with van der Waals surface area (Å²) in [5, 5.41) is 11.8. The number of carbonyl (C=O) groups excluding carboxylic acids is 2. The Labute approximate surface area is 218 Å². The number of aliphatic hydroxyl groups excluding tert-OH is 1. The van der Waals surface area contributed by atoms with Gasteiger partial charge in [0, 0.05) is 11.1 Å². The van der Waals surface area contributed by atoms with Crippen LogP contribution >= 0.6 is 11.3 Å². The molecule has 0 radical (unpaired) electrons. The Bertz CT molecular complexity index is 1600. The normalized spacial score (nSPS) is 17.0. The molecule has 3 aromatic carbocycles. The Kier molecular flexibility index (Phi) is 6.21. The molecule has 1 atom stereocenters. The van der Waals surface area contributed by atoms with Crippen molar-refractivity contribution >= 4 is 44.1 Å². The van der Waals surface area contributed by atoms with Gasteiger partial charge in [0.15, 0.2) is 5.13 Å². The van der Waals surface area contributed by atoms with Crippen LogP contribution in [0.15, 0.2) is 60.2 Å². The summed E-state index contributed by atoms with van der Waals surface area (Å²) in [7, 11) is 3.10. The zero-order chi connectivity index (χ0) is 26.4. The molecule has 1 N–H and O–H groups in total. The molecule has 0 bridgehead atoms. The van der Waals surface area contributed by atoms with Gasteiger partial charge in [0.2, 0.25) is 0 Å². The predicted molar refractivity (Wildman–Crippen MR) is 145 cm³/mol. The number of amides is 1. The van der Waals surface area contributed by atoms with Gasteiger partial charge in [0.05, 0.1) is 30.0 Å². The van der Waals surface area contributed by atoms with E-state index in [1.165, 1.54) is 23.3 Å². The summed E-state index contributed by atoms with van der Waals surface area (Å²) >= 11 is 1.34. The minimum absolute atomic E-state index is 0.0220. The number of para-hydroxylation sites is 1. The third-order valence-corrected chi connectivity index (χ3v) is 7.57. The Morgan fingerprint density at radius 1 is 0.946 bits per heavy atom. The number of nitrogens with zero attached hydrogens (tertiary/aromatic N) is 2. The van der Waals surface area contributed by atoms with Gasteiger partial charge >= 0.3 is 5.91 Å². The molecule has 37 heavy (non-hydrogen) atoms. The van der Waals surface area contributed by atoms with Crippen molar-refractivity contribution in [3.05, 3.63) is 88.0 Å². The molecule has 2 heterocycles. The highest BCUT2D eigenvalue weighted by molar-refractivity contribution is 7.22. The first-order chi connectivity index (χ1) is 17.7. The van der Waals surface area contributed by atoms with E-state index in [0.717, 1.165) is 26.9 Å². The molecule has 1 aliphatic rings. The summed E-state index contributed by atoms with van der Waals surface area (Å²) < 4.78 is 11.9. The number of thiazole rings is 1. The average molecular weight is 515 g/mol. The number of rotatable bonds is 5. The van der Waals surface area contributed by atoms with Crippen molar-refractivity contribution in [3.8, 4) is 11.5 Å². The van der Waals surface area contributed by atoms with Gasteiger partial charge in [-0.3, -0.25) is 14.5 Å². The van der Waals surface area contributed by atoms with Gasteiger partial charge in [-0.1, -0.05) is 35.6 Å². The molecular formula is C29H26N2O5S. The highest BCUT2D eigenvalue weighted by atomic mass is 32.1. The fourth-order valence-electron chi connectivity index (χ4n) is 4.86. The fraction of sp³-hybridized carbons (Fsp3) is 0.207. The standard InChI is InChI=1S/C29H26N2O5S/c1-15-12-17(3)24-22(13-15)37-29(30-24)31-25(19-8-6-7-9-21(19)36-5)23(27(33)28(31)34)26(32)18-10-11-20(35-4)16(2)14-18/h6-14,25,32H,1-5H3/b26-23+. The number of ketones is 1. The Hall–Kier alpha value is -4.17. The number of aromatic nitrogens is 1. The van der Waals surface area contributed by atoms with Crippen molar-refractivity contribution in [2.45, 2.75) is 26.8 Å². The van der Waals surface area contributed by atoms with Gasteiger partial charge in [-0.05, 0) is 67.8 Å². The van der Waals surface area contributed by atoms with E-state index in [4.69, 9.17) is 14.5 Å². The topological polar surface area (TPSA) is 89.0 Å². The number of anilines is 1.